The van der Waals surface area contributed by atoms with Gasteiger partial charge in [0.2, 0.25) is 0 Å². The van der Waals surface area contributed by atoms with Gasteiger partial charge in [0.1, 0.15) is 0 Å². The van der Waals surface area contributed by atoms with Crippen LogP contribution in [0.4, 0.5) is 0 Å². The Morgan fingerprint density at radius 1 is 1.48 bits per heavy atom. The van der Waals surface area contributed by atoms with Crippen molar-refractivity contribution in [1.82, 2.24) is 20.4 Å². The molecule has 2 rings (SSSR count). The van der Waals surface area contributed by atoms with E-state index < -0.39 is 0 Å². The maximum atomic E-state index is 12.4. The van der Waals surface area contributed by atoms with Gasteiger partial charge < -0.3 is 10.6 Å². The van der Waals surface area contributed by atoms with Gasteiger partial charge in [-0.3, -0.25) is 9.48 Å². The number of hydrogen-bond donors (Lipinski definition) is 2. The normalized spacial score (nSPS) is 22.5. The van der Waals surface area contributed by atoms with Gasteiger partial charge in [-0.25, -0.2) is 0 Å². The van der Waals surface area contributed by atoms with Gasteiger partial charge in [-0.15, -0.1) is 12.4 Å². The molecule has 1 aliphatic rings. The number of carbonyl (C=O) groups is 1. The van der Waals surface area contributed by atoms with Crippen LogP contribution in [0.5, 0.6) is 0 Å². The number of carbonyl (C=O) groups excluding carboxylic acids is 1. The Morgan fingerprint density at radius 2 is 2.14 bits per heavy atom. The standard InChI is InChI=1S/C15H26N4O.ClH/c1-10-6-7-16-9-13(10)18-14(20)12-8-17-19(11(12)2)15(3,4)5;/h8,10,13,16H,6-7,9H2,1-5H3,(H,18,20);1H. The van der Waals surface area contributed by atoms with Crippen LogP contribution >= 0.6 is 12.4 Å². The van der Waals surface area contributed by atoms with E-state index in [-0.39, 0.29) is 29.9 Å². The molecule has 2 atom stereocenters. The van der Waals surface area contributed by atoms with E-state index in [1.807, 2.05) is 11.6 Å². The number of rotatable bonds is 2. The van der Waals surface area contributed by atoms with Crippen LogP contribution in [0.1, 0.15) is 50.2 Å². The first-order valence-electron chi connectivity index (χ1n) is 7.37. The fourth-order valence-corrected chi connectivity index (χ4v) is 2.74. The van der Waals surface area contributed by atoms with Crippen LogP contribution in [0.3, 0.4) is 0 Å². The van der Waals surface area contributed by atoms with Crippen LogP contribution in [0, 0.1) is 12.8 Å². The summed E-state index contributed by atoms with van der Waals surface area (Å²) in [5.74, 6) is 0.497. The maximum Gasteiger partial charge on any atom is 0.255 e. The predicted octanol–water partition coefficient (Wildman–Crippen LogP) is 2.10. The van der Waals surface area contributed by atoms with Gasteiger partial charge in [0.05, 0.1) is 17.3 Å². The Balaban J connectivity index is 0.00000220. The van der Waals surface area contributed by atoms with Gasteiger partial charge in [-0.2, -0.15) is 5.10 Å². The highest BCUT2D eigenvalue weighted by atomic mass is 35.5. The highest BCUT2D eigenvalue weighted by molar-refractivity contribution is 5.95. The molecule has 0 spiro atoms. The second kappa shape index (κ2) is 6.79. The summed E-state index contributed by atoms with van der Waals surface area (Å²) in [6.45, 7) is 12.3. The molecular formula is C15H27ClN4O. The number of hydrogen-bond acceptors (Lipinski definition) is 3. The second-order valence-corrected chi connectivity index (χ2v) is 6.78. The van der Waals surface area contributed by atoms with Crippen molar-refractivity contribution in [2.24, 2.45) is 5.92 Å². The molecule has 1 amide bonds. The zero-order valence-corrected chi connectivity index (χ0v) is 14.4. The number of amides is 1. The van der Waals surface area contributed by atoms with Crippen LogP contribution in [-0.2, 0) is 5.54 Å². The molecule has 1 fully saturated rings. The molecule has 1 aliphatic heterocycles. The van der Waals surface area contributed by atoms with Crippen LogP contribution < -0.4 is 10.6 Å². The van der Waals surface area contributed by atoms with Crippen LogP contribution in [0.2, 0.25) is 0 Å². The fourth-order valence-electron chi connectivity index (χ4n) is 2.74. The Labute approximate surface area is 133 Å². The minimum Gasteiger partial charge on any atom is -0.348 e. The summed E-state index contributed by atoms with van der Waals surface area (Å²) in [7, 11) is 0. The minimum absolute atomic E-state index is 0. The molecule has 2 heterocycles. The molecule has 2 N–H and O–H groups in total. The van der Waals surface area contributed by atoms with Gasteiger partial charge in [-0.05, 0) is 46.6 Å². The van der Waals surface area contributed by atoms with E-state index in [4.69, 9.17) is 0 Å². The lowest BCUT2D eigenvalue weighted by atomic mass is 9.94. The second-order valence-electron chi connectivity index (χ2n) is 6.78. The van der Waals surface area contributed by atoms with Crippen molar-refractivity contribution in [2.45, 2.75) is 52.6 Å². The van der Waals surface area contributed by atoms with Crippen molar-refractivity contribution in [1.29, 1.82) is 0 Å². The zero-order valence-electron chi connectivity index (χ0n) is 13.6. The molecule has 0 radical (unpaired) electrons. The van der Waals surface area contributed by atoms with Crippen molar-refractivity contribution in [3.8, 4) is 0 Å². The Kier molecular flexibility index (Phi) is 5.82. The summed E-state index contributed by atoms with van der Waals surface area (Å²) in [4.78, 5) is 12.4. The van der Waals surface area contributed by atoms with Gasteiger partial charge in [0, 0.05) is 18.3 Å². The van der Waals surface area contributed by atoms with E-state index >= 15 is 0 Å². The van der Waals surface area contributed by atoms with Crippen LogP contribution in [-0.4, -0.2) is 34.8 Å². The highest BCUT2D eigenvalue weighted by Gasteiger charge is 2.26. The third-order valence-electron chi connectivity index (χ3n) is 4.03. The highest BCUT2D eigenvalue weighted by Crippen LogP contribution is 2.19. The zero-order chi connectivity index (χ0) is 14.9. The summed E-state index contributed by atoms with van der Waals surface area (Å²) in [5.41, 5.74) is 1.49. The summed E-state index contributed by atoms with van der Waals surface area (Å²) in [5, 5.41) is 10.8. The molecule has 2 unspecified atom stereocenters. The van der Waals surface area contributed by atoms with E-state index in [0.717, 1.165) is 25.2 Å². The lowest BCUT2D eigenvalue weighted by Gasteiger charge is -2.30. The average Bonchev–Trinajstić information content (AvgIpc) is 2.74. The Morgan fingerprint density at radius 3 is 2.67 bits per heavy atom. The third kappa shape index (κ3) is 3.98. The first-order chi connectivity index (χ1) is 9.30. The van der Waals surface area contributed by atoms with Crippen LogP contribution in [0.15, 0.2) is 6.20 Å². The summed E-state index contributed by atoms with van der Waals surface area (Å²) in [6.07, 6.45) is 2.78. The Bertz CT molecular complexity index is 492. The Hall–Kier alpha value is -1.07. The number of halogens is 1. The lowest BCUT2D eigenvalue weighted by molar-refractivity contribution is 0.0914. The molecule has 5 nitrogen and oxygen atoms in total. The predicted molar refractivity (Wildman–Crippen MR) is 87.1 cm³/mol. The number of piperidine rings is 1. The average molecular weight is 315 g/mol. The molecule has 1 aromatic rings. The fraction of sp³-hybridized carbons (Fsp3) is 0.733. The molecule has 0 bridgehead atoms. The summed E-state index contributed by atoms with van der Waals surface area (Å²) < 4.78 is 1.91. The number of aromatic nitrogens is 2. The largest absolute Gasteiger partial charge is 0.348 e. The quantitative estimate of drug-likeness (QED) is 0.879. The van der Waals surface area contributed by atoms with Gasteiger partial charge in [0.15, 0.2) is 0 Å². The number of nitrogens with zero attached hydrogens (tertiary/aromatic N) is 2. The van der Waals surface area contributed by atoms with Gasteiger partial charge >= 0.3 is 0 Å². The molecule has 1 saturated heterocycles. The monoisotopic (exact) mass is 314 g/mol. The lowest BCUT2D eigenvalue weighted by Crippen LogP contribution is -2.50. The van der Waals surface area contributed by atoms with Crippen molar-refractivity contribution >= 4 is 18.3 Å². The van der Waals surface area contributed by atoms with E-state index in [1.165, 1.54) is 0 Å². The smallest absolute Gasteiger partial charge is 0.255 e. The van der Waals surface area contributed by atoms with Gasteiger partial charge in [-0.1, -0.05) is 6.92 Å². The van der Waals surface area contributed by atoms with Crippen molar-refractivity contribution in [2.75, 3.05) is 13.1 Å². The number of nitrogens with one attached hydrogen (secondary N) is 2. The van der Waals surface area contributed by atoms with E-state index in [0.29, 0.717) is 11.5 Å². The topological polar surface area (TPSA) is 59.0 Å². The molecular weight excluding hydrogens is 288 g/mol. The van der Waals surface area contributed by atoms with E-state index in [9.17, 15) is 4.79 Å². The molecule has 21 heavy (non-hydrogen) atoms. The molecule has 6 heteroatoms. The minimum atomic E-state index is -0.109. The maximum absolute atomic E-state index is 12.4. The first-order valence-corrected chi connectivity index (χ1v) is 7.37. The van der Waals surface area contributed by atoms with Crippen molar-refractivity contribution < 1.29 is 4.79 Å². The summed E-state index contributed by atoms with van der Waals surface area (Å²) in [6, 6.07) is 0.202. The van der Waals surface area contributed by atoms with Crippen LogP contribution in [0.25, 0.3) is 0 Å². The van der Waals surface area contributed by atoms with Crippen molar-refractivity contribution in [3.05, 3.63) is 17.5 Å². The summed E-state index contributed by atoms with van der Waals surface area (Å²) >= 11 is 0. The molecule has 0 aromatic carbocycles. The van der Waals surface area contributed by atoms with Crippen molar-refractivity contribution in [3.63, 3.8) is 0 Å². The van der Waals surface area contributed by atoms with E-state index in [1.54, 1.807) is 6.20 Å². The SMILES string of the molecule is Cc1c(C(=O)NC2CNCCC2C)cnn1C(C)(C)C.Cl. The van der Waals surface area contributed by atoms with Gasteiger partial charge in [0.25, 0.3) is 5.91 Å². The first kappa shape index (κ1) is 18.0. The molecule has 0 saturated carbocycles. The molecule has 120 valence electrons. The molecule has 0 aliphatic carbocycles. The third-order valence-corrected chi connectivity index (χ3v) is 4.03. The molecule has 1 aromatic heterocycles. The van der Waals surface area contributed by atoms with E-state index in [2.05, 4.69) is 43.4 Å².